The highest BCUT2D eigenvalue weighted by atomic mass is 32.2. The lowest BCUT2D eigenvalue weighted by Gasteiger charge is -2.28. The molecule has 4 unspecified atom stereocenters. The van der Waals surface area contributed by atoms with Gasteiger partial charge in [0.05, 0.1) is 6.61 Å². The Bertz CT molecular complexity index is 200. The molecule has 1 aliphatic heterocycles. The van der Waals surface area contributed by atoms with Crippen molar-refractivity contribution in [2.45, 2.75) is 69.3 Å². The fraction of sp³-hybridized carbons (Fsp3) is 1.00. The van der Waals surface area contributed by atoms with Crippen molar-refractivity contribution >= 4 is 11.8 Å². The average Bonchev–Trinajstić information content (AvgIpc) is 2.59. The Morgan fingerprint density at radius 1 is 1.33 bits per heavy atom. The molecule has 0 saturated carbocycles. The van der Waals surface area contributed by atoms with Crippen LogP contribution >= 0.6 is 11.8 Å². The van der Waals surface area contributed by atoms with E-state index in [9.17, 15) is 5.11 Å². The zero-order valence-corrected chi connectivity index (χ0v) is 12.9. The molecule has 0 spiro atoms. The molecule has 3 nitrogen and oxygen atoms in total. The van der Waals surface area contributed by atoms with E-state index >= 15 is 0 Å². The molecule has 1 aliphatic rings. The van der Waals surface area contributed by atoms with Crippen LogP contribution in [0.25, 0.3) is 0 Å². The zero-order chi connectivity index (χ0) is 13.4. The largest absolute Gasteiger partial charge is 0.395 e. The summed E-state index contributed by atoms with van der Waals surface area (Å²) in [5.74, 6) is 0. The maximum absolute atomic E-state index is 9.29. The van der Waals surface area contributed by atoms with Crippen molar-refractivity contribution in [2.24, 2.45) is 0 Å². The maximum atomic E-state index is 9.29. The van der Waals surface area contributed by atoms with Crippen molar-refractivity contribution in [2.75, 3.05) is 19.4 Å². The van der Waals surface area contributed by atoms with Gasteiger partial charge in [-0.2, -0.15) is 11.8 Å². The number of hydrogen-bond acceptors (Lipinski definition) is 4. The third-order valence-corrected chi connectivity index (χ3v) is 5.05. The van der Waals surface area contributed by atoms with Crippen LogP contribution in [0.15, 0.2) is 0 Å². The molecule has 0 bridgehead atoms. The highest BCUT2D eigenvalue weighted by Gasteiger charge is 2.19. The third-order valence-electron chi connectivity index (χ3n) is 3.89. The molecule has 1 heterocycles. The van der Waals surface area contributed by atoms with E-state index in [-0.39, 0.29) is 6.61 Å². The van der Waals surface area contributed by atoms with Crippen molar-refractivity contribution in [3.05, 3.63) is 0 Å². The fourth-order valence-corrected chi connectivity index (χ4v) is 3.43. The van der Waals surface area contributed by atoms with Gasteiger partial charge in [0.25, 0.3) is 0 Å². The molecule has 0 aromatic heterocycles. The van der Waals surface area contributed by atoms with Gasteiger partial charge in [0.1, 0.15) is 0 Å². The minimum atomic E-state index is 0.254. The summed E-state index contributed by atoms with van der Waals surface area (Å²) in [7, 11) is 0. The first-order chi connectivity index (χ1) is 8.67. The maximum Gasteiger partial charge on any atom is 0.0564 e. The lowest BCUT2D eigenvalue weighted by molar-refractivity contribution is 0.267. The molecule has 1 saturated heterocycles. The number of thioether (sulfide) groups is 1. The monoisotopic (exact) mass is 274 g/mol. The number of hydrogen-bond donors (Lipinski definition) is 3. The van der Waals surface area contributed by atoms with E-state index in [1.165, 1.54) is 38.6 Å². The first-order valence-electron chi connectivity index (χ1n) is 7.30. The Kier molecular flexibility index (Phi) is 8.31. The van der Waals surface area contributed by atoms with Crippen LogP contribution in [0, 0.1) is 0 Å². The summed E-state index contributed by atoms with van der Waals surface area (Å²) in [6.07, 6.45) is 8.64. The first-order valence-corrected chi connectivity index (χ1v) is 8.59. The normalized spacial score (nSPS) is 26.3. The van der Waals surface area contributed by atoms with Crippen LogP contribution < -0.4 is 10.6 Å². The highest BCUT2D eigenvalue weighted by Crippen LogP contribution is 2.15. The topological polar surface area (TPSA) is 44.3 Å². The molecule has 4 heteroatoms. The second-order valence-corrected chi connectivity index (χ2v) is 6.63. The fourth-order valence-electron chi connectivity index (χ4n) is 2.79. The predicted molar refractivity (Wildman–Crippen MR) is 81.3 cm³/mol. The van der Waals surface area contributed by atoms with Gasteiger partial charge >= 0.3 is 0 Å². The number of nitrogens with one attached hydrogen (secondary N) is 2. The van der Waals surface area contributed by atoms with Gasteiger partial charge in [0.2, 0.25) is 0 Å². The molecule has 0 aromatic carbocycles. The van der Waals surface area contributed by atoms with E-state index in [0.29, 0.717) is 23.4 Å². The van der Waals surface area contributed by atoms with E-state index in [0.717, 1.165) is 0 Å². The van der Waals surface area contributed by atoms with E-state index in [1.807, 2.05) is 0 Å². The van der Waals surface area contributed by atoms with Crippen LogP contribution in [-0.4, -0.2) is 47.9 Å². The van der Waals surface area contributed by atoms with E-state index < -0.39 is 0 Å². The smallest absolute Gasteiger partial charge is 0.0564 e. The van der Waals surface area contributed by atoms with Gasteiger partial charge in [-0.15, -0.1) is 0 Å². The molecule has 0 radical (unpaired) electrons. The van der Waals surface area contributed by atoms with E-state index in [1.54, 1.807) is 11.8 Å². The molecule has 108 valence electrons. The number of aliphatic hydroxyl groups excluding tert-OH is 1. The Labute approximate surface area is 116 Å². The molecule has 1 rings (SSSR count). The Morgan fingerprint density at radius 3 is 2.78 bits per heavy atom. The quantitative estimate of drug-likeness (QED) is 0.664. The summed E-state index contributed by atoms with van der Waals surface area (Å²) in [5, 5.41) is 16.9. The standard InChI is InChI=1S/C14H30N2OS/c1-11(16-12(2)14(10-17)18-3)9-13-7-5-4-6-8-15-13/h11-17H,4-10H2,1-3H3. The SMILES string of the molecule is CSC(CO)C(C)NC(C)CC1CCCCCN1. The minimum Gasteiger partial charge on any atom is -0.395 e. The average molecular weight is 274 g/mol. The van der Waals surface area contributed by atoms with Crippen molar-refractivity contribution in [3.63, 3.8) is 0 Å². The van der Waals surface area contributed by atoms with Gasteiger partial charge < -0.3 is 15.7 Å². The molecule has 0 aromatic rings. The predicted octanol–water partition coefficient (Wildman–Crippen LogP) is 2.00. The van der Waals surface area contributed by atoms with Crippen molar-refractivity contribution in [1.29, 1.82) is 0 Å². The van der Waals surface area contributed by atoms with E-state index in [2.05, 4.69) is 30.7 Å². The van der Waals surface area contributed by atoms with Gasteiger partial charge in [-0.05, 0) is 45.9 Å². The van der Waals surface area contributed by atoms with Gasteiger partial charge in [0.15, 0.2) is 0 Å². The molecule has 0 aliphatic carbocycles. The van der Waals surface area contributed by atoms with Crippen molar-refractivity contribution < 1.29 is 5.11 Å². The van der Waals surface area contributed by atoms with E-state index in [4.69, 9.17) is 0 Å². The van der Waals surface area contributed by atoms with Gasteiger partial charge in [-0.25, -0.2) is 0 Å². The second kappa shape index (κ2) is 9.18. The third kappa shape index (κ3) is 5.91. The van der Waals surface area contributed by atoms with Crippen molar-refractivity contribution in [3.8, 4) is 0 Å². The van der Waals surface area contributed by atoms with Crippen LogP contribution in [0.2, 0.25) is 0 Å². The summed E-state index contributed by atoms with van der Waals surface area (Å²) in [6.45, 7) is 5.87. The Morgan fingerprint density at radius 2 is 2.11 bits per heavy atom. The van der Waals surface area contributed by atoms with Gasteiger partial charge in [-0.1, -0.05) is 12.8 Å². The Hall–Kier alpha value is 0.230. The summed E-state index contributed by atoms with van der Waals surface area (Å²) >= 11 is 1.74. The lowest BCUT2D eigenvalue weighted by Crippen LogP contribution is -2.45. The molecule has 18 heavy (non-hydrogen) atoms. The van der Waals surface area contributed by atoms with Crippen molar-refractivity contribution in [1.82, 2.24) is 10.6 Å². The molecule has 1 fully saturated rings. The number of rotatable bonds is 7. The lowest BCUT2D eigenvalue weighted by atomic mass is 10.0. The summed E-state index contributed by atoms with van der Waals surface area (Å²) in [4.78, 5) is 0. The highest BCUT2D eigenvalue weighted by molar-refractivity contribution is 7.99. The Balaban J connectivity index is 2.28. The second-order valence-electron chi connectivity index (χ2n) is 5.55. The van der Waals surface area contributed by atoms with Gasteiger partial charge in [0, 0.05) is 23.4 Å². The molecule has 0 amide bonds. The first kappa shape index (κ1) is 16.3. The molecular weight excluding hydrogens is 244 g/mol. The molecular formula is C14H30N2OS. The summed E-state index contributed by atoms with van der Waals surface area (Å²) in [6, 6.07) is 1.55. The van der Waals surface area contributed by atoms with Crippen LogP contribution in [0.1, 0.15) is 46.0 Å². The molecule has 3 N–H and O–H groups in total. The van der Waals surface area contributed by atoms with Crippen LogP contribution in [0.4, 0.5) is 0 Å². The minimum absolute atomic E-state index is 0.254. The van der Waals surface area contributed by atoms with Crippen LogP contribution in [0.3, 0.4) is 0 Å². The zero-order valence-electron chi connectivity index (χ0n) is 12.1. The summed E-state index contributed by atoms with van der Waals surface area (Å²) < 4.78 is 0. The van der Waals surface area contributed by atoms with Gasteiger partial charge in [-0.3, -0.25) is 0 Å². The van der Waals surface area contributed by atoms with Crippen LogP contribution in [0.5, 0.6) is 0 Å². The number of aliphatic hydroxyl groups is 1. The summed E-state index contributed by atoms with van der Waals surface area (Å²) in [5.41, 5.74) is 0. The molecule has 4 atom stereocenters. The van der Waals surface area contributed by atoms with Crippen LogP contribution in [-0.2, 0) is 0 Å².